The number of nitrogens with one attached hydrogen (secondary N) is 2. The summed E-state index contributed by atoms with van der Waals surface area (Å²) in [5.74, 6) is 2.22. The Morgan fingerprint density at radius 1 is 1.60 bits per heavy atom. The predicted octanol–water partition coefficient (Wildman–Crippen LogP) is -0.123. The number of hydrogen-bond acceptors (Lipinski definition) is 3. The molecule has 0 aliphatic heterocycles. The largest absolute Gasteiger partial charge is 0.388 e. The van der Waals surface area contributed by atoms with Gasteiger partial charge < -0.3 is 10.4 Å². The molecule has 0 aliphatic carbocycles. The summed E-state index contributed by atoms with van der Waals surface area (Å²) in [4.78, 5) is 11.2. The Kier molecular flexibility index (Phi) is 6.76. The molecule has 0 fully saturated rings. The molecule has 0 radical (unpaired) electrons. The SMILES string of the molecule is C#CCNCC(=O)NCC(C)(O)CCC. The molecule has 1 amide bonds. The molecule has 1 atom stereocenters. The zero-order chi connectivity index (χ0) is 11.7. The van der Waals surface area contributed by atoms with Gasteiger partial charge in [-0.3, -0.25) is 10.1 Å². The van der Waals surface area contributed by atoms with Gasteiger partial charge in [0.25, 0.3) is 0 Å². The van der Waals surface area contributed by atoms with E-state index in [1.165, 1.54) is 0 Å². The van der Waals surface area contributed by atoms with Gasteiger partial charge in [0.05, 0.1) is 18.7 Å². The highest BCUT2D eigenvalue weighted by Gasteiger charge is 2.19. The Balaban J connectivity index is 3.66. The standard InChI is InChI=1S/C11H20N2O2/c1-4-6-11(3,15)9-13-10(14)8-12-7-5-2/h2,12,15H,4,6-9H2,1,3H3,(H,13,14). The van der Waals surface area contributed by atoms with Crippen molar-refractivity contribution < 1.29 is 9.90 Å². The summed E-state index contributed by atoms with van der Waals surface area (Å²) >= 11 is 0. The molecular formula is C11H20N2O2. The molecule has 0 aliphatic rings. The Morgan fingerprint density at radius 2 is 2.27 bits per heavy atom. The summed E-state index contributed by atoms with van der Waals surface area (Å²) in [6.07, 6.45) is 6.57. The highest BCUT2D eigenvalue weighted by Crippen LogP contribution is 2.09. The summed E-state index contributed by atoms with van der Waals surface area (Å²) in [6.45, 7) is 4.54. The van der Waals surface area contributed by atoms with Crippen LogP contribution in [0.25, 0.3) is 0 Å². The van der Waals surface area contributed by atoms with E-state index in [4.69, 9.17) is 6.42 Å². The van der Waals surface area contributed by atoms with Gasteiger partial charge in [0.1, 0.15) is 0 Å². The second kappa shape index (κ2) is 7.27. The Labute approximate surface area is 91.4 Å². The third-order valence-electron chi connectivity index (χ3n) is 1.97. The molecule has 0 heterocycles. The van der Waals surface area contributed by atoms with E-state index >= 15 is 0 Å². The van der Waals surface area contributed by atoms with Gasteiger partial charge in [-0.25, -0.2) is 0 Å². The van der Waals surface area contributed by atoms with Crippen molar-refractivity contribution in [3.05, 3.63) is 0 Å². The number of rotatable bonds is 7. The second-order valence-corrected chi connectivity index (χ2v) is 3.83. The average molecular weight is 212 g/mol. The fourth-order valence-electron chi connectivity index (χ4n) is 1.23. The van der Waals surface area contributed by atoms with Crippen LogP contribution in [0.1, 0.15) is 26.7 Å². The maximum atomic E-state index is 11.2. The maximum Gasteiger partial charge on any atom is 0.234 e. The molecule has 0 aromatic heterocycles. The van der Waals surface area contributed by atoms with E-state index in [-0.39, 0.29) is 19.0 Å². The predicted molar refractivity (Wildman–Crippen MR) is 60.2 cm³/mol. The van der Waals surface area contributed by atoms with Gasteiger partial charge >= 0.3 is 0 Å². The van der Waals surface area contributed by atoms with Crippen molar-refractivity contribution in [3.8, 4) is 12.3 Å². The van der Waals surface area contributed by atoms with E-state index in [9.17, 15) is 9.90 Å². The molecule has 1 unspecified atom stereocenters. The zero-order valence-electron chi connectivity index (χ0n) is 9.47. The smallest absolute Gasteiger partial charge is 0.234 e. The van der Waals surface area contributed by atoms with Crippen LogP contribution in [-0.2, 0) is 4.79 Å². The van der Waals surface area contributed by atoms with Crippen LogP contribution in [0.15, 0.2) is 0 Å². The molecule has 4 heteroatoms. The average Bonchev–Trinajstić information content (AvgIpc) is 2.15. The van der Waals surface area contributed by atoms with Crippen molar-refractivity contribution in [2.75, 3.05) is 19.6 Å². The van der Waals surface area contributed by atoms with Crippen LogP contribution >= 0.6 is 0 Å². The van der Waals surface area contributed by atoms with E-state index in [1.54, 1.807) is 6.92 Å². The number of terminal acetylenes is 1. The first-order chi connectivity index (χ1) is 7.02. The van der Waals surface area contributed by atoms with Crippen LogP contribution in [0.2, 0.25) is 0 Å². The van der Waals surface area contributed by atoms with E-state index in [0.29, 0.717) is 13.0 Å². The minimum atomic E-state index is -0.823. The molecule has 0 rings (SSSR count). The first kappa shape index (κ1) is 13.9. The van der Waals surface area contributed by atoms with Gasteiger partial charge in [0.15, 0.2) is 0 Å². The molecule has 3 N–H and O–H groups in total. The van der Waals surface area contributed by atoms with Crippen LogP contribution in [0.4, 0.5) is 0 Å². The van der Waals surface area contributed by atoms with E-state index in [0.717, 1.165) is 6.42 Å². The molecule has 0 bridgehead atoms. The molecule has 0 aromatic carbocycles. The number of aliphatic hydroxyl groups is 1. The van der Waals surface area contributed by atoms with Crippen molar-refractivity contribution in [2.45, 2.75) is 32.3 Å². The quantitative estimate of drug-likeness (QED) is 0.407. The number of amides is 1. The third-order valence-corrected chi connectivity index (χ3v) is 1.97. The lowest BCUT2D eigenvalue weighted by molar-refractivity contribution is -0.121. The maximum absolute atomic E-state index is 11.2. The molecular weight excluding hydrogens is 192 g/mol. The Morgan fingerprint density at radius 3 is 2.80 bits per heavy atom. The summed E-state index contributed by atoms with van der Waals surface area (Å²) < 4.78 is 0. The van der Waals surface area contributed by atoms with Crippen molar-refractivity contribution in [1.29, 1.82) is 0 Å². The molecule has 0 spiro atoms. The van der Waals surface area contributed by atoms with Crippen LogP contribution in [0.3, 0.4) is 0 Å². The number of carbonyl (C=O) groups excluding carboxylic acids is 1. The minimum Gasteiger partial charge on any atom is -0.388 e. The van der Waals surface area contributed by atoms with Crippen molar-refractivity contribution in [3.63, 3.8) is 0 Å². The fraction of sp³-hybridized carbons (Fsp3) is 0.727. The summed E-state index contributed by atoms with van der Waals surface area (Å²) in [7, 11) is 0. The van der Waals surface area contributed by atoms with Gasteiger partial charge in [0, 0.05) is 6.54 Å². The lowest BCUT2D eigenvalue weighted by atomic mass is 10.0. The Hall–Kier alpha value is -1.05. The molecule has 4 nitrogen and oxygen atoms in total. The van der Waals surface area contributed by atoms with Crippen LogP contribution < -0.4 is 10.6 Å². The normalized spacial score (nSPS) is 14.0. The third kappa shape index (κ3) is 7.98. The van der Waals surface area contributed by atoms with E-state index < -0.39 is 5.60 Å². The van der Waals surface area contributed by atoms with Crippen molar-refractivity contribution in [1.82, 2.24) is 10.6 Å². The van der Waals surface area contributed by atoms with Crippen LogP contribution in [0, 0.1) is 12.3 Å². The molecule has 86 valence electrons. The second-order valence-electron chi connectivity index (χ2n) is 3.83. The van der Waals surface area contributed by atoms with Gasteiger partial charge in [-0.15, -0.1) is 6.42 Å². The molecule has 15 heavy (non-hydrogen) atoms. The first-order valence-electron chi connectivity index (χ1n) is 5.15. The van der Waals surface area contributed by atoms with Gasteiger partial charge in [-0.1, -0.05) is 19.3 Å². The van der Waals surface area contributed by atoms with Gasteiger partial charge in [-0.2, -0.15) is 0 Å². The van der Waals surface area contributed by atoms with Gasteiger partial charge in [0.2, 0.25) is 5.91 Å². The van der Waals surface area contributed by atoms with Crippen LogP contribution in [-0.4, -0.2) is 36.2 Å². The highest BCUT2D eigenvalue weighted by molar-refractivity contribution is 5.78. The van der Waals surface area contributed by atoms with Crippen molar-refractivity contribution >= 4 is 5.91 Å². The number of carbonyl (C=O) groups is 1. The summed E-state index contributed by atoms with van der Waals surface area (Å²) in [6, 6.07) is 0. The molecule has 0 saturated carbocycles. The first-order valence-corrected chi connectivity index (χ1v) is 5.15. The highest BCUT2D eigenvalue weighted by atomic mass is 16.3. The number of hydrogen-bond donors (Lipinski definition) is 3. The Bertz CT molecular complexity index is 231. The fourth-order valence-corrected chi connectivity index (χ4v) is 1.23. The van der Waals surface area contributed by atoms with E-state index in [2.05, 4.69) is 16.6 Å². The zero-order valence-corrected chi connectivity index (χ0v) is 9.47. The van der Waals surface area contributed by atoms with Crippen LogP contribution in [0.5, 0.6) is 0 Å². The lowest BCUT2D eigenvalue weighted by Gasteiger charge is -2.22. The summed E-state index contributed by atoms with van der Waals surface area (Å²) in [5.41, 5.74) is -0.823. The topological polar surface area (TPSA) is 61.4 Å². The summed E-state index contributed by atoms with van der Waals surface area (Å²) in [5, 5.41) is 15.2. The van der Waals surface area contributed by atoms with E-state index in [1.807, 2.05) is 6.92 Å². The van der Waals surface area contributed by atoms with Gasteiger partial charge in [-0.05, 0) is 13.3 Å². The monoisotopic (exact) mass is 212 g/mol. The van der Waals surface area contributed by atoms with Crippen molar-refractivity contribution in [2.24, 2.45) is 0 Å². The minimum absolute atomic E-state index is 0.151. The molecule has 0 aromatic rings. The molecule has 0 saturated heterocycles. The lowest BCUT2D eigenvalue weighted by Crippen LogP contribution is -2.43.